The molecule has 0 unspecified atom stereocenters. The Hall–Kier alpha value is -0.420. The molecule has 0 saturated carbocycles. The fraction of sp³-hybridized carbons (Fsp3) is 0. The van der Waals surface area contributed by atoms with E-state index in [1.165, 1.54) is 20.9 Å². The summed E-state index contributed by atoms with van der Waals surface area (Å²) in [6.45, 7) is 0. The van der Waals surface area contributed by atoms with E-state index in [0.717, 1.165) is 8.95 Å². The molecule has 0 spiro atoms. The average molecular weight is 400 g/mol. The van der Waals surface area contributed by atoms with Crippen molar-refractivity contribution < 1.29 is 0 Å². The zero-order valence-electron chi connectivity index (χ0n) is 9.19. The van der Waals surface area contributed by atoms with Crippen LogP contribution in [0.5, 0.6) is 0 Å². The molecular formula is C14H8Br2S2. The molecule has 0 saturated heterocycles. The van der Waals surface area contributed by atoms with Crippen molar-refractivity contribution in [1.29, 1.82) is 0 Å². The maximum Gasteiger partial charge on any atom is 0.0360 e. The summed E-state index contributed by atoms with van der Waals surface area (Å²) in [6, 6.07) is 12.7. The van der Waals surface area contributed by atoms with Gasteiger partial charge in [-0.25, -0.2) is 0 Å². The van der Waals surface area contributed by atoms with E-state index >= 15 is 0 Å². The van der Waals surface area contributed by atoms with Gasteiger partial charge < -0.3 is 0 Å². The summed E-state index contributed by atoms with van der Waals surface area (Å²) in [7, 11) is 0. The number of rotatable bonds is 2. The van der Waals surface area contributed by atoms with Gasteiger partial charge in [0.15, 0.2) is 0 Å². The van der Waals surface area contributed by atoms with Gasteiger partial charge in [-0.1, -0.05) is 44.0 Å². The zero-order valence-corrected chi connectivity index (χ0v) is 14.0. The normalized spacial score (nSPS) is 10.8. The van der Waals surface area contributed by atoms with Crippen LogP contribution in [-0.2, 0) is 0 Å². The summed E-state index contributed by atoms with van der Waals surface area (Å²) < 4.78 is 2.27. The van der Waals surface area contributed by atoms with Crippen LogP contribution in [0.2, 0.25) is 0 Å². The Bertz CT molecular complexity index is 596. The van der Waals surface area contributed by atoms with Crippen molar-refractivity contribution in [2.75, 3.05) is 0 Å². The molecule has 0 aliphatic heterocycles. The summed E-state index contributed by atoms with van der Waals surface area (Å²) in [4.78, 5) is 2.57. The summed E-state index contributed by atoms with van der Waals surface area (Å²) in [5.41, 5.74) is 2.53. The Morgan fingerprint density at radius 2 is 1.11 bits per heavy atom. The van der Waals surface area contributed by atoms with E-state index < -0.39 is 0 Å². The second kappa shape index (κ2) is 5.29. The quantitative estimate of drug-likeness (QED) is 0.451. The van der Waals surface area contributed by atoms with E-state index in [9.17, 15) is 0 Å². The number of hydrogen-bond acceptors (Lipinski definition) is 2. The molecule has 3 aromatic rings. The van der Waals surface area contributed by atoms with Crippen LogP contribution in [0, 0.1) is 0 Å². The lowest BCUT2D eigenvalue weighted by atomic mass is 10.0. The highest BCUT2D eigenvalue weighted by Gasteiger charge is 2.15. The predicted octanol–water partition coefficient (Wildman–Crippen LogP) is 6.67. The molecule has 0 amide bonds. The van der Waals surface area contributed by atoms with E-state index in [1.807, 2.05) is 0 Å². The lowest BCUT2D eigenvalue weighted by Gasteiger charge is -2.11. The lowest BCUT2D eigenvalue weighted by molar-refractivity contribution is 1.60. The molecule has 0 radical (unpaired) electrons. The summed E-state index contributed by atoms with van der Waals surface area (Å²) in [5.74, 6) is 0. The molecule has 0 nitrogen and oxygen atoms in total. The monoisotopic (exact) mass is 398 g/mol. The fourth-order valence-corrected chi connectivity index (χ4v) is 4.81. The van der Waals surface area contributed by atoms with Crippen molar-refractivity contribution in [3.63, 3.8) is 0 Å². The predicted molar refractivity (Wildman–Crippen MR) is 88.5 cm³/mol. The van der Waals surface area contributed by atoms with Gasteiger partial charge in [-0.2, -0.15) is 0 Å². The largest absolute Gasteiger partial charge is 0.144 e. The molecule has 0 atom stereocenters. The highest BCUT2D eigenvalue weighted by Crippen LogP contribution is 2.44. The molecular weight excluding hydrogens is 392 g/mol. The van der Waals surface area contributed by atoms with Crippen LogP contribution in [0.4, 0.5) is 0 Å². The van der Waals surface area contributed by atoms with Gasteiger partial charge in [0.2, 0.25) is 0 Å². The SMILES string of the molecule is Brc1ccc(Br)c(-c2cccs2)c1-c1cccs1. The van der Waals surface area contributed by atoms with Crippen LogP contribution in [0.1, 0.15) is 0 Å². The summed E-state index contributed by atoms with van der Waals surface area (Å²) >= 11 is 10.9. The molecule has 18 heavy (non-hydrogen) atoms. The molecule has 2 heterocycles. The first-order valence-electron chi connectivity index (χ1n) is 5.33. The van der Waals surface area contributed by atoms with Crippen LogP contribution in [0.25, 0.3) is 20.9 Å². The van der Waals surface area contributed by atoms with E-state index in [1.54, 1.807) is 22.7 Å². The van der Waals surface area contributed by atoms with Crippen LogP contribution in [-0.4, -0.2) is 0 Å². The van der Waals surface area contributed by atoms with Crippen molar-refractivity contribution in [3.05, 3.63) is 56.1 Å². The van der Waals surface area contributed by atoms with Crippen molar-refractivity contribution in [1.82, 2.24) is 0 Å². The van der Waals surface area contributed by atoms with Gasteiger partial charge >= 0.3 is 0 Å². The van der Waals surface area contributed by atoms with E-state index in [0.29, 0.717) is 0 Å². The second-order valence-corrected chi connectivity index (χ2v) is 7.34. The van der Waals surface area contributed by atoms with Crippen LogP contribution < -0.4 is 0 Å². The molecule has 0 bridgehead atoms. The van der Waals surface area contributed by atoms with Crippen LogP contribution >= 0.6 is 54.5 Å². The smallest absolute Gasteiger partial charge is 0.0360 e. The Kier molecular flexibility index (Phi) is 3.71. The first-order chi connectivity index (χ1) is 8.77. The Labute approximate surface area is 131 Å². The molecule has 1 aromatic carbocycles. The molecule has 0 aliphatic rings. The zero-order chi connectivity index (χ0) is 12.5. The number of thiophene rings is 2. The molecule has 4 heteroatoms. The Morgan fingerprint density at radius 1 is 0.667 bits per heavy atom. The average Bonchev–Trinajstić information content (AvgIpc) is 3.02. The Balaban J connectivity index is 2.33. The first-order valence-corrected chi connectivity index (χ1v) is 8.67. The van der Waals surface area contributed by atoms with Crippen molar-refractivity contribution in [2.45, 2.75) is 0 Å². The number of halogens is 2. The Morgan fingerprint density at radius 3 is 1.44 bits per heavy atom. The molecule has 0 fully saturated rings. The minimum atomic E-state index is 1.14. The van der Waals surface area contributed by atoms with Gasteiger partial charge in [-0.05, 0) is 35.0 Å². The summed E-state index contributed by atoms with van der Waals surface area (Å²) in [5, 5.41) is 4.22. The van der Waals surface area contributed by atoms with E-state index in [4.69, 9.17) is 0 Å². The number of hydrogen-bond donors (Lipinski definition) is 0. The van der Waals surface area contributed by atoms with Gasteiger partial charge in [-0.3, -0.25) is 0 Å². The molecule has 2 aromatic heterocycles. The molecule has 0 aliphatic carbocycles. The fourth-order valence-electron chi connectivity index (χ4n) is 1.88. The topological polar surface area (TPSA) is 0 Å². The molecule has 0 N–H and O–H groups in total. The van der Waals surface area contributed by atoms with Crippen LogP contribution in [0.3, 0.4) is 0 Å². The maximum absolute atomic E-state index is 3.68. The summed E-state index contributed by atoms with van der Waals surface area (Å²) in [6.07, 6.45) is 0. The van der Waals surface area contributed by atoms with Crippen LogP contribution in [0.15, 0.2) is 56.1 Å². The van der Waals surface area contributed by atoms with Gasteiger partial charge in [0, 0.05) is 29.8 Å². The van der Waals surface area contributed by atoms with Crippen molar-refractivity contribution in [3.8, 4) is 20.9 Å². The molecule has 90 valence electrons. The second-order valence-electron chi connectivity index (χ2n) is 3.73. The van der Waals surface area contributed by atoms with E-state index in [-0.39, 0.29) is 0 Å². The van der Waals surface area contributed by atoms with Gasteiger partial charge in [0.05, 0.1) is 0 Å². The van der Waals surface area contributed by atoms with Gasteiger partial charge in [0.25, 0.3) is 0 Å². The third-order valence-corrected chi connectivity index (χ3v) is 5.74. The minimum absolute atomic E-state index is 1.14. The molecule has 3 rings (SSSR count). The lowest BCUT2D eigenvalue weighted by Crippen LogP contribution is -1.84. The number of benzene rings is 1. The highest BCUT2D eigenvalue weighted by atomic mass is 79.9. The highest BCUT2D eigenvalue weighted by molar-refractivity contribution is 9.11. The van der Waals surface area contributed by atoms with Crippen molar-refractivity contribution >= 4 is 54.5 Å². The minimum Gasteiger partial charge on any atom is -0.144 e. The third-order valence-electron chi connectivity index (χ3n) is 2.64. The standard InChI is InChI=1S/C14H8Br2S2/c15-9-5-6-10(16)14(12-4-2-8-18-12)13(9)11-3-1-7-17-11/h1-8H. The van der Waals surface area contributed by atoms with Crippen molar-refractivity contribution in [2.24, 2.45) is 0 Å². The van der Waals surface area contributed by atoms with Gasteiger partial charge in [-0.15, -0.1) is 22.7 Å². The maximum atomic E-state index is 3.68. The van der Waals surface area contributed by atoms with Gasteiger partial charge in [0.1, 0.15) is 0 Å². The first kappa shape index (κ1) is 12.6. The third kappa shape index (κ3) is 2.23. The van der Waals surface area contributed by atoms with E-state index in [2.05, 4.69) is 79.0 Å².